The first-order chi connectivity index (χ1) is 17.0. The maximum absolute atomic E-state index is 13.6. The van der Waals surface area contributed by atoms with Crippen LogP contribution in [0, 0.1) is 0 Å². The fourth-order valence-corrected chi connectivity index (χ4v) is 4.92. The highest BCUT2D eigenvalue weighted by molar-refractivity contribution is 7.99. The molecule has 1 N–H and O–H groups in total. The van der Waals surface area contributed by atoms with Crippen LogP contribution in [0.15, 0.2) is 84.9 Å². The first-order valence-corrected chi connectivity index (χ1v) is 13.5. The Morgan fingerprint density at radius 1 is 0.914 bits per heavy atom. The molecule has 3 rings (SSSR count). The van der Waals surface area contributed by atoms with Crippen LogP contribution < -0.4 is 5.32 Å². The van der Waals surface area contributed by atoms with Crippen LogP contribution in [-0.4, -0.2) is 34.6 Å². The number of nitrogens with zero attached hydrogens (tertiary/aromatic N) is 1. The summed E-state index contributed by atoms with van der Waals surface area (Å²) in [5.41, 5.74) is 3.01. The average molecular weight is 509 g/mol. The minimum Gasteiger partial charge on any atom is -0.352 e. The van der Waals surface area contributed by atoms with Gasteiger partial charge < -0.3 is 10.2 Å². The fourth-order valence-electron chi connectivity index (χ4n) is 3.72. The lowest BCUT2D eigenvalue weighted by molar-refractivity contribution is -0.139. The Balaban J connectivity index is 1.84. The first-order valence-electron chi connectivity index (χ1n) is 12.0. The molecule has 0 aliphatic rings. The summed E-state index contributed by atoms with van der Waals surface area (Å²) in [6.45, 7) is 4.40. The van der Waals surface area contributed by atoms with Gasteiger partial charge in [-0.15, -0.1) is 11.8 Å². The number of rotatable bonds is 12. The van der Waals surface area contributed by atoms with Crippen LogP contribution in [0.3, 0.4) is 0 Å². The van der Waals surface area contributed by atoms with Crippen LogP contribution in [0.25, 0.3) is 0 Å². The highest BCUT2D eigenvalue weighted by atomic mass is 35.5. The third kappa shape index (κ3) is 8.44. The minimum absolute atomic E-state index is 0.0315. The molecule has 0 aliphatic heterocycles. The Hall–Kier alpha value is -2.76. The lowest BCUT2D eigenvalue weighted by Crippen LogP contribution is -2.52. The van der Waals surface area contributed by atoms with Crippen molar-refractivity contribution in [2.24, 2.45) is 0 Å². The second-order valence-corrected chi connectivity index (χ2v) is 10.0. The van der Waals surface area contributed by atoms with E-state index in [-0.39, 0.29) is 23.6 Å². The van der Waals surface area contributed by atoms with E-state index in [9.17, 15) is 9.59 Å². The van der Waals surface area contributed by atoms with Gasteiger partial charge in [0, 0.05) is 29.8 Å². The number of carbonyl (C=O) groups excluding carboxylic acids is 2. The number of halogens is 1. The van der Waals surface area contributed by atoms with Gasteiger partial charge in [0.15, 0.2) is 0 Å². The molecule has 0 unspecified atom stereocenters. The molecular weight excluding hydrogens is 476 g/mol. The molecule has 0 spiro atoms. The van der Waals surface area contributed by atoms with Crippen LogP contribution in [0.5, 0.6) is 0 Å². The van der Waals surface area contributed by atoms with E-state index < -0.39 is 6.04 Å². The van der Waals surface area contributed by atoms with Gasteiger partial charge in [-0.3, -0.25) is 9.59 Å². The van der Waals surface area contributed by atoms with E-state index in [1.165, 1.54) is 11.8 Å². The zero-order valence-electron chi connectivity index (χ0n) is 20.3. The summed E-state index contributed by atoms with van der Waals surface area (Å²) < 4.78 is 0. The molecule has 2 amide bonds. The summed E-state index contributed by atoms with van der Waals surface area (Å²) in [6.07, 6.45) is 1.28. The third-order valence-electron chi connectivity index (χ3n) is 5.91. The minimum atomic E-state index is -0.611. The molecule has 0 saturated carbocycles. The third-order valence-corrected chi connectivity index (χ3v) is 7.24. The molecule has 0 radical (unpaired) electrons. The Labute approximate surface area is 218 Å². The van der Waals surface area contributed by atoms with Crippen molar-refractivity contribution in [3.05, 3.63) is 107 Å². The number of benzene rings is 3. The maximum Gasteiger partial charge on any atom is 0.243 e. The monoisotopic (exact) mass is 508 g/mol. The van der Waals surface area contributed by atoms with Crippen molar-refractivity contribution in [1.82, 2.24) is 10.2 Å². The largest absolute Gasteiger partial charge is 0.352 e. The molecule has 0 aromatic heterocycles. The summed E-state index contributed by atoms with van der Waals surface area (Å²) in [4.78, 5) is 28.8. The van der Waals surface area contributed by atoms with Crippen molar-refractivity contribution in [3.63, 3.8) is 0 Å². The zero-order valence-corrected chi connectivity index (χ0v) is 21.9. The highest BCUT2D eigenvalue weighted by Crippen LogP contribution is 2.22. The Morgan fingerprint density at radius 2 is 1.51 bits per heavy atom. The van der Waals surface area contributed by atoms with Gasteiger partial charge >= 0.3 is 0 Å². The van der Waals surface area contributed by atoms with Gasteiger partial charge in [0.2, 0.25) is 11.8 Å². The van der Waals surface area contributed by atoms with E-state index >= 15 is 0 Å². The predicted octanol–water partition coefficient (Wildman–Crippen LogP) is 6.13. The normalized spacial score (nSPS) is 12.5. The molecule has 6 heteroatoms. The molecule has 2 atom stereocenters. The van der Waals surface area contributed by atoms with Gasteiger partial charge in [-0.1, -0.05) is 97.4 Å². The average Bonchev–Trinajstić information content (AvgIpc) is 2.88. The second-order valence-electron chi connectivity index (χ2n) is 8.61. The summed E-state index contributed by atoms with van der Waals surface area (Å²) in [6, 6.07) is 26.8. The molecule has 35 heavy (non-hydrogen) atoms. The zero-order chi connectivity index (χ0) is 25.0. The number of nitrogens with one attached hydrogen (secondary N) is 1. The molecule has 0 aliphatic carbocycles. The van der Waals surface area contributed by atoms with Gasteiger partial charge in [-0.05, 0) is 36.1 Å². The van der Waals surface area contributed by atoms with Crippen LogP contribution in [-0.2, 0) is 28.3 Å². The smallest absolute Gasteiger partial charge is 0.243 e. The van der Waals surface area contributed by atoms with Crippen molar-refractivity contribution in [3.8, 4) is 0 Å². The van der Waals surface area contributed by atoms with Crippen molar-refractivity contribution in [2.45, 2.75) is 51.1 Å². The van der Waals surface area contributed by atoms with Gasteiger partial charge in [-0.25, -0.2) is 0 Å². The summed E-state index contributed by atoms with van der Waals surface area (Å²) >= 11 is 7.81. The highest BCUT2D eigenvalue weighted by Gasteiger charge is 2.30. The molecule has 0 saturated heterocycles. The number of carbonyl (C=O) groups is 2. The van der Waals surface area contributed by atoms with Crippen molar-refractivity contribution >= 4 is 35.2 Å². The molecule has 4 nitrogen and oxygen atoms in total. The van der Waals surface area contributed by atoms with Crippen molar-refractivity contribution in [2.75, 3.05) is 5.75 Å². The second kappa shape index (κ2) is 14.0. The number of hydrogen-bond acceptors (Lipinski definition) is 3. The summed E-state index contributed by atoms with van der Waals surface area (Å²) in [7, 11) is 0. The Bertz CT molecular complexity index is 1080. The Morgan fingerprint density at radius 3 is 2.14 bits per heavy atom. The van der Waals surface area contributed by atoms with E-state index in [0.29, 0.717) is 23.7 Å². The number of amides is 2. The quantitative estimate of drug-likeness (QED) is 0.320. The lowest BCUT2D eigenvalue weighted by atomic mass is 10.0. The summed E-state index contributed by atoms with van der Waals surface area (Å²) in [5.74, 6) is 0.710. The van der Waals surface area contributed by atoms with Gasteiger partial charge in [0.25, 0.3) is 0 Å². The lowest BCUT2D eigenvalue weighted by Gasteiger charge is -2.32. The van der Waals surface area contributed by atoms with Crippen molar-refractivity contribution in [1.29, 1.82) is 0 Å². The molecule has 0 heterocycles. The van der Waals surface area contributed by atoms with E-state index in [1.54, 1.807) is 4.90 Å². The van der Waals surface area contributed by atoms with E-state index in [1.807, 2.05) is 98.8 Å². The van der Waals surface area contributed by atoms with Gasteiger partial charge in [-0.2, -0.15) is 0 Å². The predicted molar refractivity (Wildman–Crippen MR) is 146 cm³/mol. The first kappa shape index (κ1) is 26.8. The SMILES string of the molecule is CC[C@@H](C)NC(=O)[C@@H](Cc1ccccc1)N(Cc1ccccc1)C(=O)CSCc1ccccc1Cl. The van der Waals surface area contributed by atoms with Gasteiger partial charge in [0.1, 0.15) is 6.04 Å². The van der Waals surface area contributed by atoms with Crippen LogP contribution in [0.4, 0.5) is 0 Å². The number of thioether (sulfide) groups is 1. The molecular formula is C29H33ClN2O2S. The molecule has 3 aromatic rings. The standard InChI is InChI=1S/C29H33ClN2O2S/c1-3-22(2)31-29(34)27(18-23-12-6-4-7-13-23)32(19-24-14-8-5-9-15-24)28(33)21-35-20-25-16-10-11-17-26(25)30/h4-17,22,27H,3,18-21H2,1-2H3,(H,31,34)/t22-,27-/m1/s1. The van der Waals surface area contributed by atoms with Crippen LogP contribution in [0.1, 0.15) is 37.0 Å². The number of hydrogen-bond donors (Lipinski definition) is 1. The topological polar surface area (TPSA) is 49.4 Å². The molecule has 0 fully saturated rings. The van der Waals surface area contributed by atoms with Crippen LogP contribution >= 0.6 is 23.4 Å². The van der Waals surface area contributed by atoms with E-state index in [2.05, 4.69) is 5.32 Å². The maximum atomic E-state index is 13.6. The molecule has 184 valence electrons. The molecule has 3 aromatic carbocycles. The fraction of sp³-hybridized carbons (Fsp3) is 0.310. The Kier molecular flexibility index (Phi) is 10.7. The van der Waals surface area contributed by atoms with E-state index in [4.69, 9.17) is 11.6 Å². The van der Waals surface area contributed by atoms with Crippen molar-refractivity contribution < 1.29 is 9.59 Å². The van der Waals surface area contributed by atoms with Crippen LogP contribution in [0.2, 0.25) is 5.02 Å². The van der Waals surface area contributed by atoms with Gasteiger partial charge in [0.05, 0.1) is 5.75 Å². The summed E-state index contributed by atoms with van der Waals surface area (Å²) in [5, 5.41) is 3.80. The molecule has 0 bridgehead atoms. The van der Waals surface area contributed by atoms with E-state index in [0.717, 1.165) is 23.1 Å².